The van der Waals surface area contributed by atoms with Crippen molar-refractivity contribution in [2.45, 2.75) is 207 Å². The van der Waals surface area contributed by atoms with Gasteiger partial charge in [-0.25, -0.2) is 0 Å². The summed E-state index contributed by atoms with van der Waals surface area (Å²) in [6.45, 7) is 7.65. The van der Waals surface area contributed by atoms with Crippen molar-refractivity contribution in [1.82, 2.24) is 0 Å². The summed E-state index contributed by atoms with van der Waals surface area (Å²) >= 11 is 0. The Bertz CT molecular complexity index is 942. The summed E-state index contributed by atoms with van der Waals surface area (Å²) in [6.07, 6.45) is 52.2. The van der Waals surface area contributed by atoms with Gasteiger partial charge in [0.1, 0.15) is 0 Å². The monoisotopic (exact) mass is 697 g/mol. The van der Waals surface area contributed by atoms with Gasteiger partial charge in [-0.2, -0.15) is 0 Å². The lowest BCUT2D eigenvalue weighted by Crippen LogP contribution is -2.35. The van der Waals surface area contributed by atoms with Crippen molar-refractivity contribution >= 4 is 11.9 Å². The van der Waals surface area contributed by atoms with Crippen molar-refractivity contribution in [2.24, 2.45) is 23.2 Å². The van der Waals surface area contributed by atoms with Gasteiger partial charge >= 0.3 is 11.9 Å². The van der Waals surface area contributed by atoms with Gasteiger partial charge in [-0.1, -0.05) is 146 Å². The minimum absolute atomic E-state index is 0.315. The first-order valence-electron chi connectivity index (χ1n) is 21.3. The van der Waals surface area contributed by atoms with Gasteiger partial charge in [0.2, 0.25) is 0 Å². The second kappa shape index (κ2) is 31.6. The molecule has 0 heterocycles. The van der Waals surface area contributed by atoms with Crippen LogP contribution in [0.15, 0.2) is 48.6 Å². The van der Waals surface area contributed by atoms with Gasteiger partial charge in [0.25, 0.3) is 0 Å². The third-order valence-corrected chi connectivity index (χ3v) is 11.1. The van der Waals surface area contributed by atoms with E-state index in [-0.39, 0.29) is 0 Å². The van der Waals surface area contributed by atoms with Crippen LogP contribution in [0.4, 0.5) is 0 Å². The Morgan fingerprint density at radius 1 is 0.540 bits per heavy atom. The molecular weight excluding hydrogens is 617 g/mol. The summed E-state index contributed by atoms with van der Waals surface area (Å²) in [6, 6.07) is 0. The number of rotatable bonds is 33. The van der Waals surface area contributed by atoms with Crippen LogP contribution < -0.4 is 0 Å². The predicted octanol–water partition coefficient (Wildman–Crippen LogP) is 14.6. The Labute approximate surface area is 309 Å². The molecule has 1 saturated carbocycles. The maximum Gasteiger partial charge on any atom is 0.303 e. The first-order chi connectivity index (χ1) is 24.2. The van der Waals surface area contributed by atoms with E-state index in [1.807, 2.05) is 0 Å². The molecule has 0 saturated heterocycles. The molecule has 288 valence electrons. The van der Waals surface area contributed by atoms with Crippen molar-refractivity contribution in [3.05, 3.63) is 48.6 Å². The van der Waals surface area contributed by atoms with E-state index in [1.54, 1.807) is 0 Å². The molecule has 1 aliphatic rings. The number of unbranched alkanes of at least 4 members (excludes halogenated alkanes) is 16. The lowest BCUT2D eigenvalue weighted by atomic mass is 9.61. The van der Waals surface area contributed by atoms with Gasteiger partial charge < -0.3 is 10.2 Å². The first kappa shape index (κ1) is 45.9. The highest BCUT2D eigenvalue weighted by Gasteiger charge is 2.38. The number of hydrogen-bond acceptors (Lipinski definition) is 2. The molecule has 0 aromatic heterocycles. The Balaban J connectivity index is 2.11. The van der Waals surface area contributed by atoms with E-state index in [0.29, 0.717) is 18.3 Å². The molecule has 3 unspecified atom stereocenters. The molecule has 0 aromatic carbocycles. The van der Waals surface area contributed by atoms with E-state index in [9.17, 15) is 9.59 Å². The Kier molecular flexibility index (Phi) is 29.0. The molecule has 3 atom stereocenters. The SMILES string of the molecule is CC1CCC(C(C)(C)CCCCC/C=C\C/C=C\CCCCCCCC(=O)O)C(CCCCC/C=C\C/C=C\CCCCCCCC(=O)O)C1. The number of carboxylic acids is 2. The molecule has 0 spiro atoms. The van der Waals surface area contributed by atoms with E-state index in [1.165, 1.54) is 109 Å². The van der Waals surface area contributed by atoms with Crippen LogP contribution in [-0.2, 0) is 9.59 Å². The van der Waals surface area contributed by atoms with Gasteiger partial charge in [0.15, 0.2) is 0 Å². The number of aliphatic carboxylic acids is 2. The topological polar surface area (TPSA) is 74.6 Å². The van der Waals surface area contributed by atoms with Gasteiger partial charge in [-0.05, 0) is 119 Å². The quantitative estimate of drug-likeness (QED) is 0.0529. The minimum atomic E-state index is -0.672. The van der Waals surface area contributed by atoms with Gasteiger partial charge in [-0.3, -0.25) is 9.59 Å². The average molecular weight is 697 g/mol. The van der Waals surface area contributed by atoms with Crippen molar-refractivity contribution in [1.29, 1.82) is 0 Å². The number of carbonyl (C=O) groups is 2. The normalized spacial score (nSPS) is 18.7. The van der Waals surface area contributed by atoms with Crippen LogP contribution in [0.3, 0.4) is 0 Å². The van der Waals surface area contributed by atoms with Crippen LogP contribution in [0.25, 0.3) is 0 Å². The lowest BCUT2D eigenvalue weighted by molar-refractivity contribution is -0.138. The van der Waals surface area contributed by atoms with E-state index in [2.05, 4.69) is 69.4 Å². The molecule has 0 aliphatic heterocycles. The molecule has 2 N–H and O–H groups in total. The predicted molar refractivity (Wildman–Crippen MR) is 216 cm³/mol. The number of carboxylic acid groups (broad SMARTS) is 2. The summed E-state index contributed by atoms with van der Waals surface area (Å²) < 4.78 is 0. The Morgan fingerprint density at radius 2 is 0.940 bits per heavy atom. The molecule has 1 fully saturated rings. The highest BCUT2D eigenvalue weighted by molar-refractivity contribution is 5.66. The molecule has 0 aromatic rings. The highest BCUT2D eigenvalue weighted by Crippen LogP contribution is 2.48. The van der Waals surface area contributed by atoms with Crippen LogP contribution in [0.2, 0.25) is 0 Å². The molecule has 4 nitrogen and oxygen atoms in total. The molecule has 0 amide bonds. The van der Waals surface area contributed by atoms with Crippen LogP contribution >= 0.6 is 0 Å². The third kappa shape index (κ3) is 27.6. The molecule has 0 radical (unpaired) electrons. The smallest absolute Gasteiger partial charge is 0.303 e. The van der Waals surface area contributed by atoms with Crippen LogP contribution in [0.1, 0.15) is 207 Å². The fourth-order valence-corrected chi connectivity index (χ4v) is 8.05. The van der Waals surface area contributed by atoms with Gasteiger partial charge in [-0.15, -0.1) is 0 Å². The number of allylic oxidation sites excluding steroid dienone is 8. The molecule has 4 heteroatoms. The van der Waals surface area contributed by atoms with E-state index in [4.69, 9.17) is 10.2 Å². The van der Waals surface area contributed by atoms with Crippen LogP contribution in [0.5, 0.6) is 0 Å². The largest absolute Gasteiger partial charge is 0.481 e. The molecule has 1 aliphatic carbocycles. The van der Waals surface area contributed by atoms with E-state index < -0.39 is 11.9 Å². The van der Waals surface area contributed by atoms with Gasteiger partial charge in [0, 0.05) is 12.8 Å². The first-order valence-corrected chi connectivity index (χ1v) is 21.3. The molecule has 0 bridgehead atoms. The summed E-state index contributed by atoms with van der Waals surface area (Å²) in [7, 11) is 0. The van der Waals surface area contributed by atoms with Gasteiger partial charge in [0.05, 0.1) is 0 Å². The van der Waals surface area contributed by atoms with Crippen molar-refractivity contribution < 1.29 is 19.8 Å². The van der Waals surface area contributed by atoms with Crippen molar-refractivity contribution in [3.8, 4) is 0 Å². The minimum Gasteiger partial charge on any atom is -0.481 e. The van der Waals surface area contributed by atoms with E-state index >= 15 is 0 Å². The highest BCUT2D eigenvalue weighted by atomic mass is 16.4. The summed E-state index contributed by atoms with van der Waals surface area (Å²) in [5, 5.41) is 17.4. The fourth-order valence-electron chi connectivity index (χ4n) is 8.05. The second-order valence-corrected chi connectivity index (χ2v) is 16.3. The maximum atomic E-state index is 10.5. The van der Waals surface area contributed by atoms with E-state index in [0.717, 1.165) is 82.0 Å². The van der Waals surface area contributed by atoms with Crippen molar-refractivity contribution in [2.75, 3.05) is 0 Å². The summed E-state index contributed by atoms with van der Waals surface area (Å²) in [5.41, 5.74) is 0.460. The Morgan fingerprint density at radius 3 is 1.40 bits per heavy atom. The second-order valence-electron chi connectivity index (χ2n) is 16.3. The zero-order valence-corrected chi connectivity index (χ0v) is 33.1. The maximum absolute atomic E-state index is 10.5. The fraction of sp³-hybridized carbons (Fsp3) is 0.783. The molecular formula is C46H80O4. The standard InChI is InChI=1S/C46H80O4/c1-41-37-38-43(42(40-41)34-30-26-22-18-14-10-6-4-7-11-15-19-23-27-31-35-44(47)48)46(2,3)39-33-29-25-21-17-13-9-5-8-12-16-20-24-28-32-36-45(49)50/h4-5,7-8,10,13-14,17,41-43H,6,9,11-12,15-16,18-40H2,1-3H3,(H,47,48)(H,49,50)/b7-4-,8-5-,14-10-,17-13-. The molecule has 1 rings (SSSR count). The Hall–Kier alpha value is -2.10. The van der Waals surface area contributed by atoms with Crippen LogP contribution in [-0.4, -0.2) is 22.2 Å². The zero-order valence-electron chi connectivity index (χ0n) is 33.1. The number of hydrogen-bond donors (Lipinski definition) is 2. The summed E-state index contributed by atoms with van der Waals surface area (Å²) in [4.78, 5) is 21.1. The van der Waals surface area contributed by atoms with Crippen molar-refractivity contribution in [3.63, 3.8) is 0 Å². The lowest BCUT2D eigenvalue weighted by Gasteiger charge is -2.45. The zero-order chi connectivity index (χ0) is 36.5. The summed E-state index contributed by atoms with van der Waals surface area (Å²) in [5.74, 6) is 1.37. The molecule has 50 heavy (non-hydrogen) atoms. The van der Waals surface area contributed by atoms with Crippen LogP contribution in [0, 0.1) is 23.2 Å². The third-order valence-electron chi connectivity index (χ3n) is 11.1. The average Bonchev–Trinajstić information content (AvgIpc) is 3.07.